The third kappa shape index (κ3) is 7.00. The average molecular weight is 487 g/mol. The molecule has 1 fully saturated rings. The van der Waals surface area contributed by atoms with Crippen LogP contribution < -0.4 is 20.1 Å². The zero-order valence-electron chi connectivity index (χ0n) is 19.6. The molecule has 0 amide bonds. The van der Waals surface area contributed by atoms with E-state index in [9.17, 15) is 13.2 Å². The predicted octanol–water partition coefficient (Wildman–Crippen LogP) is 7.48. The molecule has 186 valence electrons. The fourth-order valence-corrected chi connectivity index (χ4v) is 3.79. The molecule has 1 heterocycles. The lowest BCUT2D eigenvalue weighted by atomic mass is 10.2. The minimum Gasteiger partial charge on any atom is -0.494 e. The highest BCUT2D eigenvalue weighted by atomic mass is 19.4. The Morgan fingerprint density at radius 3 is 2.17 bits per heavy atom. The van der Waals surface area contributed by atoms with Gasteiger partial charge in [0.2, 0.25) is 5.95 Å². The van der Waals surface area contributed by atoms with Crippen molar-refractivity contribution in [3.8, 4) is 11.5 Å². The van der Waals surface area contributed by atoms with Gasteiger partial charge in [-0.2, -0.15) is 18.2 Å². The number of rotatable bonds is 10. The Bertz CT molecular complexity index is 1080. The molecule has 0 aliphatic heterocycles. The van der Waals surface area contributed by atoms with Crippen LogP contribution in [0.5, 0.6) is 11.5 Å². The lowest BCUT2D eigenvalue weighted by Gasteiger charge is -2.16. The number of nitrogens with one attached hydrogen (secondary N) is 2. The molecule has 0 atom stereocenters. The summed E-state index contributed by atoms with van der Waals surface area (Å²) in [7, 11) is 0. The Labute approximate surface area is 202 Å². The van der Waals surface area contributed by atoms with E-state index in [2.05, 4.69) is 27.5 Å². The van der Waals surface area contributed by atoms with Crippen molar-refractivity contribution in [3.05, 3.63) is 60.3 Å². The summed E-state index contributed by atoms with van der Waals surface area (Å²) >= 11 is 0. The van der Waals surface area contributed by atoms with Crippen molar-refractivity contribution in [1.29, 1.82) is 0 Å². The molecular formula is C26H29F3N4O2. The molecule has 0 saturated heterocycles. The van der Waals surface area contributed by atoms with Gasteiger partial charge in [-0.3, -0.25) is 0 Å². The van der Waals surface area contributed by atoms with E-state index in [0.29, 0.717) is 23.7 Å². The summed E-state index contributed by atoms with van der Waals surface area (Å²) in [4.78, 5) is 7.97. The van der Waals surface area contributed by atoms with Crippen molar-refractivity contribution < 1.29 is 22.6 Å². The van der Waals surface area contributed by atoms with E-state index in [1.165, 1.54) is 0 Å². The Kier molecular flexibility index (Phi) is 7.94. The van der Waals surface area contributed by atoms with Gasteiger partial charge in [0.15, 0.2) is 0 Å². The average Bonchev–Trinajstić information content (AvgIpc) is 3.34. The third-order valence-corrected chi connectivity index (χ3v) is 5.69. The van der Waals surface area contributed by atoms with E-state index in [4.69, 9.17) is 9.47 Å². The van der Waals surface area contributed by atoms with Crippen LogP contribution in [0.2, 0.25) is 0 Å². The van der Waals surface area contributed by atoms with Crippen LogP contribution >= 0.6 is 0 Å². The fourth-order valence-electron chi connectivity index (χ4n) is 3.79. The van der Waals surface area contributed by atoms with Crippen LogP contribution in [0.25, 0.3) is 0 Å². The van der Waals surface area contributed by atoms with Gasteiger partial charge in [-0.1, -0.05) is 13.3 Å². The number of unbranched alkanes of at least 4 members (excludes halogenated alkanes) is 1. The number of ether oxygens (including phenoxy) is 2. The first-order chi connectivity index (χ1) is 16.9. The number of hydrogen-bond donors (Lipinski definition) is 2. The predicted molar refractivity (Wildman–Crippen MR) is 130 cm³/mol. The molecule has 1 aliphatic carbocycles. The molecule has 1 saturated carbocycles. The quantitative estimate of drug-likeness (QED) is 0.290. The maximum absolute atomic E-state index is 13.6. The topological polar surface area (TPSA) is 68.3 Å². The van der Waals surface area contributed by atoms with Crippen molar-refractivity contribution in [1.82, 2.24) is 9.97 Å². The zero-order valence-corrected chi connectivity index (χ0v) is 19.6. The largest absolute Gasteiger partial charge is 0.494 e. The summed E-state index contributed by atoms with van der Waals surface area (Å²) < 4.78 is 52.4. The molecule has 6 nitrogen and oxygen atoms in total. The smallest absolute Gasteiger partial charge is 0.421 e. The summed E-state index contributed by atoms with van der Waals surface area (Å²) in [5.74, 6) is 1.13. The number of hydrogen-bond acceptors (Lipinski definition) is 6. The maximum atomic E-state index is 13.6. The van der Waals surface area contributed by atoms with Crippen LogP contribution in [0.4, 0.5) is 36.3 Å². The molecule has 0 bridgehead atoms. The summed E-state index contributed by atoms with van der Waals surface area (Å²) in [6.45, 7) is 2.72. The molecule has 2 aromatic carbocycles. The number of benzene rings is 2. The number of anilines is 4. The number of alkyl halides is 3. The third-order valence-electron chi connectivity index (χ3n) is 5.69. The second-order valence-corrected chi connectivity index (χ2v) is 8.48. The van der Waals surface area contributed by atoms with Gasteiger partial charge < -0.3 is 20.1 Å². The molecule has 0 radical (unpaired) electrons. The van der Waals surface area contributed by atoms with Crippen LogP contribution in [0.15, 0.2) is 54.7 Å². The van der Waals surface area contributed by atoms with E-state index in [0.717, 1.165) is 50.5 Å². The van der Waals surface area contributed by atoms with Crippen molar-refractivity contribution in [3.63, 3.8) is 0 Å². The molecule has 9 heteroatoms. The molecule has 35 heavy (non-hydrogen) atoms. The molecule has 4 rings (SSSR count). The van der Waals surface area contributed by atoms with Gasteiger partial charge in [0.05, 0.1) is 12.7 Å². The fraction of sp³-hybridized carbons (Fsp3) is 0.385. The molecule has 1 aromatic heterocycles. The van der Waals surface area contributed by atoms with Gasteiger partial charge in [-0.25, -0.2) is 4.98 Å². The van der Waals surface area contributed by atoms with Crippen LogP contribution in [0.1, 0.15) is 51.0 Å². The molecule has 2 N–H and O–H groups in total. The Balaban J connectivity index is 1.47. The van der Waals surface area contributed by atoms with Gasteiger partial charge in [0, 0.05) is 17.6 Å². The monoisotopic (exact) mass is 486 g/mol. The molecular weight excluding hydrogens is 457 g/mol. The Morgan fingerprint density at radius 2 is 1.54 bits per heavy atom. The summed E-state index contributed by atoms with van der Waals surface area (Å²) in [6, 6.07) is 14.0. The minimum atomic E-state index is -4.61. The van der Waals surface area contributed by atoms with E-state index in [1.807, 2.05) is 0 Å². The standard InChI is InChI=1S/C26H29F3N4O2/c1-2-3-16-34-20-12-8-19(9-13-20)32-25-30-17-23(26(27,28)29)24(33-25)31-18-10-14-22(15-11-18)35-21-6-4-5-7-21/h8-15,17,21H,2-7,16H2,1H3,(H2,30,31,32,33). The van der Waals surface area contributed by atoms with E-state index >= 15 is 0 Å². The van der Waals surface area contributed by atoms with Crippen LogP contribution in [-0.2, 0) is 6.18 Å². The lowest BCUT2D eigenvalue weighted by molar-refractivity contribution is -0.137. The van der Waals surface area contributed by atoms with Crippen molar-refractivity contribution in [2.75, 3.05) is 17.2 Å². The molecule has 0 spiro atoms. The lowest BCUT2D eigenvalue weighted by Crippen LogP contribution is -2.13. The highest BCUT2D eigenvalue weighted by Gasteiger charge is 2.35. The van der Waals surface area contributed by atoms with Crippen LogP contribution in [0.3, 0.4) is 0 Å². The van der Waals surface area contributed by atoms with E-state index < -0.39 is 11.7 Å². The normalized spacial score (nSPS) is 14.1. The summed E-state index contributed by atoms with van der Waals surface area (Å²) in [5, 5.41) is 5.72. The number of aromatic nitrogens is 2. The van der Waals surface area contributed by atoms with Crippen molar-refractivity contribution in [2.45, 2.75) is 57.7 Å². The zero-order chi connectivity index (χ0) is 24.7. The SMILES string of the molecule is CCCCOc1ccc(Nc2ncc(C(F)(F)F)c(Nc3ccc(OC4CCCC4)cc3)n2)cc1. The first-order valence-electron chi connectivity index (χ1n) is 11.9. The minimum absolute atomic E-state index is 0.0429. The highest BCUT2D eigenvalue weighted by Crippen LogP contribution is 2.36. The molecule has 3 aromatic rings. The number of nitrogens with zero attached hydrogens (tertiary/aromatic N) is 2. The molecule has 0 unspecified atom stereocenters. The second kappa shape index (κ2) is 11.3. The van der Waals surface area contributed by atoms with Gasteiger partial charge in [0.25, 0.3) is 0 Å². The van der Waals surface area contributed by atoms with E-state index in [-0.39, 0.29) is 17.9 Å². The van der Waals surface area contributed by atoms with E-state index in [1.54, 1.807) is 48.5 Å². The second-order valence-electron chi connectivity index (χ2n) is 8.48. The van der Waals surface area contributed by atoms with Gasteiger partial charge in [-0.05, 0) is 80.6 Å². The van der Waals surface area contributed by atoms with Crippen molar-refractivity contribution >= 4 is 23.1 Å². The van der Waals surface area contributed by atoms with Gasteiger partial charge in [-0.15, -0.1) is 0 Å². The summed E-state index contributed by atoms with van der Waals surface area (Å²) in [6.07, 6.45) is 2.75. The maximum Gasteiger partial charge on any atom is 0.421 e. The van der Waals surface area contributed by atoms with Crippen LogP contribution in [-0.4, -0.2) is 22.7 Å². The molecule has 1 aliphatic rings. The number of halogens is 3. The van der Waals surface area contributed by atoms with Crippen molar-refractivity contribution in [2.24, 2.45) is 0 Å². The van der Waals surface area contributed by atoms with Gasteiger partial charge in [0.1, 0.15) is 22.9 Å². The first-order valence-corrected chi connectivity index (χ1v) is 11.9. The highest BCUT2D eigenvalue weighted by molar-refractivity contribution is 5.63. The Hall–Kier alpha value is -3.49. The van der Waals surface area contributed by atoms with Gasteiger partial charge >= 0.3 is 6.18 Å². The summed E-state index contributed by atoms with van der Waals surface area (Å²) in [5.41, 5.74) is 0.147. The Morgan fingerprint density at radius 1 is 0.914 bits per heavy atom. The van der Waals surface area contributed by atoms with Crippen LogP contribution in [0, 0.1) is 0 Å². The first kappa shape index (κ1) is 24.6.